The van der Waals surface area contributed by atoms with Crippen molar-refractivity contribution in [1.82, 2.24) is 14.9 Å². The summed E-state index contributed by atoms with van der Waals surface area (Å²) in [5, 5.41) is 3.37. The molecule has 1 unspecified atom stereocenters. The van der Waals surface area contributed by atoms with Crippen LogP contribution < -0.4 is 10.2 Å². The lowest BCUT2D eigenvalue weighted by Crippen LogP contribution is -2.25. The highest BCUT2D eigenvalue weighted by molar-refractivity contribution is 5.69. The SMILES string of the molecule is Cc1cc(N2c3ccccc3CC2C)nc(NCCCN(C)C)n1. The van der Waals surface area contributed by atoms with Crippen LogP contribution >= 0.6 is 0 Å². The molecule has 128 valence electrons. The van der Waals surface area contributed by atoms with E-state index in [1.165, 1.54) is 11.3 Å². The van der Waals surface area contributed by atoms with Crippen LogP contribution in [0.5, 0.6) is 0 Å². The Morgan fingerprint density at radius 3 is 2.83 bits per heavy atom. The third-order valence-electron chi connectivity index (χ3n) is 4.36. The number of benzene rings is 1. The minimum Gasteiger partial charge on any atom is -0.354 e. The summed E-state index contributed by atoms with van der Waals surface area (Å²) >= 11 is 0. The highest BCUT2D eigenvalue weighted by Crippen LogP contribution is 2.37. The number of hydrogen-bond donors (Lipinski definition) is 1. The first kappa shape index (κ1) is 16.7. The predicted octanol–water partition coefficient (Wildman–Crippen LogP) is 3.23. The van der Waals surface area contributed by atoms with Crippen molar-refractivity contribution < 1.29 is 0 Å². The summed E-state index contributed by atoms with van der Waals surface area (Å²) in [6, 6.07) is 11.1. The molecule has 0 spiro atoms. The minimum absolute atomic E-state index is 0.415. The lowest BCUT2D eigenvalue weighted by Gasteiger charge is -2.24. The van der Waals surface area contributed by atoms with Crippen molar-refractivity contribution in [2.45, 2.75) is 32.7 Å². The smallest absolute Gasteiger partial charge is 0.224 e. The third-order valence-corrected chi connectivity index (χ3v) is 4.36. The highest BCUT2D eigenvalue weighted by atomic mass is 15.3. The quantitative estimate of drug-likeness (QED) is 0.826. The Kier molecular flexibility index (Phi) is 5.00. The van der Waals surface area contributed by atoms with E-state index in [0.717, 1.165) is 43.4 Å². The summed E-state index contributed by atoms with van der Waals surface area (Å²) in [7, 11) is 4.18. The van der Waals surface area contributed by atoms with Crippen LogP contribution in [0.2, 0.25) is 0 Å². The van der Waals surface area contributed by atoms with Crippen LogP contribution in [0.15, 0.2) is 30.3 Å². The Morgan fingerprint density at radius 1 is 1.25 bits per heavy atom. The number of nitrogens with one attached hydrogen (secondary N) is 1. The third kappa shape index (κ3) is 3.67. The van der Waals surface area contributed by atoms with E-state index in [1.54, 1.807) is 0 Å². The number of anilines is 3. The second-order valence-corrected chi connectivity index (χ2v) is 6.83. The van der Waals surface area contributed by atoms with Crippen LogP contribution in [0, 0.1) is 6.92 Å². The average Bonchev–Trinajstić information content (AvgIpc) is 2.86. The van der Waals surface area contributed by atoms with Crippen molar-refractivity contribution >= 4 is 17.5 Å². The molecule has 5 nitrogen and oxygen atoms in total. The summed E-state index contributed by atoms with van der Waals surface area (Å²) in [6.45, 7) is 6.22. The Balaban J connectivity index is 1.79. The molecule has 0 radical (unpaired) electrons. The molecule has 0 fully saturated rings. The van der Waals surface area contributed by atoms with Gasteiger partial charge in [-0.25, -0.2) is 4.98 Å². The summed E-state index contributed by atoms with van der Waals surface area (Å²) in [4.78, 5) is 13.8. The van der Waals surface area contributed by atoms with Gasteiger partial charge in [0.1, 0.15) is 5.82 Å². The first-order valence-electron chi connectivity index (χ1n) is 8.66. The molecule has 2 heterocycles. The van der Waals surface area contributed by atoms with E-state index in [-0.39, 0.29) is 0 Å². The van der Waals surface area contributed by atoms with E-state index < -0.39 is 0 Å². The zero-order chi connectivity index (χ0) is 17.1. The molecule has 0 bridgehead atoms. The highest BCUT2D eigenvalue weighted by Gasteiger charge is 2.28. The molecule has 2 aromatic rings. The fourth-order valence-corrected chi connectivity index (χ4v) is 3.26. The molecule has 24 heavy (non-hydrogen) atoms. The Bertz CT molecular complexity index is 698. The van der Waals surface area contributed by atoms with Gasteiger partial charge in [0.15, 0.2) is 0 Å². The number of aromatic nitrogens is 2. The van der Waals surface area contributed by atoms with Crippen molar-refractivity contribution in [3.8, 4) is 0 Å². The van der Waals surface area contributed by atoms with Crippen LogP contribution in [0.1, 0.15) is 24.6 Å². The van der Waals surface area contributed by atoms with Gasteiger partial charge >= 0.3 is 0 Å². The fourth-order valence-electron chi connectivity index (χ4n) is 3.26. The Hall–Kier alpha value is -2.14. The maximum atomic E-state index is 4.77. The van der Waals surface area contributed by atoms with Gasteiger partial charge in [-0.15, -0.1) is 0 Å². The minimum atomic E-state index is 0.415. The molecular formula is C19H27N5. The summed E-state index contributed by atoms with van der Waals surface area (Å²) in [6.07, 6.45) is 2.13. The molecule has 0 saturated heterocycles. The van der Waals surface area contributed by atoms with E-state index >= 15 is 0 Å². The molecule has 5 heteroatoms. The topological polar surface area (TPSA) is 44.3 Å². The normalized spacial score (nSPS) is 16.5. The Labute approximate surface area is 144 Å². The van der Waals surface area contributed by atoms with Crippen LogP contribution in [0.4, 0.5) is 17.5 Å². The van der Waals surface area contributed by atoms with Gasteiger partial charge in [0.25, 0.3) is 0 Å². The number of aryl methyl sites for hydroxylation is 1. The molecule has 1 atom stereocenters. The van der Waals surface area contributed by atoms with E-state index in [1.807, 2.05) is 6.92 Å². The van der Waals surface area contributed by atoms with Crippen molar-refractivity contribution in [2.75, 3.05) is 37.4 Å². The van der Waals surface area contributed by atoms with Crippen LogP contribution in [-0.2, 0) is 6.42 Å². The number of para-hydroxylation sites is 1. The predicted molar refractivity (Wildman–Crippen MR) is 100 cm³/mol. The van der Waals surface area contributed by atoms with Gasteiger partial charge in [-0.05, 0) is 59.0 Å². The molecule has 1 aliphatic rings. The molecule has 0 amide bonds. The van der Waals surface area contributed by atoms with Crippen molar-refractivity contribution in [3.63, 3.8) is 0 Å². The number of fused-ring (bicyclic) bond motifs is 1. The van der Waals surface area contributed by atoms with E-state index in [2.05, 4.69) is 71.5 Å². The molecule has 1 aromatic heterocycles. The van der Waals surface area contributed by atoms with Gasteiger partial charge in [0, 0.05) is 30.0 Å². The van der Waals surface area contributed by atoms with E-state index in [9.17, 15) is 0 Å². The monoisotopic (exact) mass is 325 g/mol. The van der Waals surface area contributed by atoms with Crippen molar-refractivity contribution in [2.24, 2.45) is 0 Å². The molecule has 1 aromatic carbocycles. The van der Waals surface area contributed by atoms with Gasteiger partial charge in [-0.2, -0.15) is 4.98 Å². The zero-order valence-electron chi connectivity index (χ0n) is 15.1. The van der Waals surface area contributed by atoms with E-state index in [4.69, 9.17) is 4.98 Å². The van der Waals surface area contributed by atoms with Crippen LogP contribution in [-0.4, -0.2) is 48.1 Å². The van der Waals surface area contributed by atoms with Crippen molar-refractivity contribution in [3.05, 3.63) is 41.6 Å². The lowest BCUT2D eigenvalue weighted by molar-refractivity contribution is 0.405. The second kappa shape index (κ2) is 7.18. The van der Waals surface area contributed by atoms with Crippen LogP contribution in [0.3, 0.4) is 0 Å². The standard InChI is InChI=1S/C19H27N5/c1-14-12-18(22-19(21-14)20-10-7-11-23(3)4)24-15(2)13-16-8-5-6-9-17(16)24/h5-6,8-9,12,15H,7,10-11,13H2,1-4H3,(H,20,21,22). The molecule has 1 N–H and O–H groups in total. The summed E-state index contributed by atoms with van der Waals surface area (Å²) in [5.41, 5.74) is 3.65. The first-order chi connectivity index (χ1) is 11.5. The first-order valence-corrected chi connectivity index (χ1v) is 8.66. The van der Waals surface area contributed by atoms with Crippen LogP contribution in [0.25, 0.3) is 0 Å². The van der Waals surface area contributed by atoms with Gasteiger partial charge in [0.05, 0.1) is 0 Å². The summed E-state index contributed by atoms with van der Waals surface area (Å²) < 4.78 is 0. The molecule has 0 aliphatic carbocycles. The Morgan fingerprint density at radius 2 is 2.04 bits per heavy atom. The maximum Gasteiger partial charge on any atom is 0.224 e. The molecular weight excluding hydrogens is 298 g/mol. The summed E-state index contributed by atoms with van der Waals surface area (Å²) in [5.74, 6) is 1.70. The maximum absolute atomic E-state index is 4.77. The average molecular weight is 325 g/mol. The van der Waals surface area contributed by atoms with Gasteiger partial charge in [-0.3, -0.25) is 0 Å². The van der Waals surface area contributed by atoms with Gasteiger partial charge < -0.3 is 15.1 Å². The molecule has 3 rings (SSSR count). The molecule has 1 aliphatic heterocycles. The van der Waals surface area contributed by atoms with Crippen molar-refractivity contribution in [1.29, 1.82) is 0 Å². The lowest BCUT2D eigenvalue weighted by atomic mass is 10.1. The largest absolute Gasteiger partial charge is 0.354 e. The van der Waals surface area contributed by atoms with Gasteiger partial charge in [0.2, 0.25) is 5.95 Å². The van der Waals surface area contributed by atoms with E-state index in [0.29, 0.717) is 6.04 Å². The molecule has 0 saturated carbocycles. The fraction of sp³-hybridized carbons (Fsp3) is 0.474. The number of nitrogens with zero attached hydrogens (tertiary/aromatic N) is 4. The van der Waals surface area contributed by atoms with Gasteiger partial charge in [-0.1, -0.05) is 18.2 Å². The number of rotatable bonds is 6. The zero-order valence-corrected chi connectivity index (χ0v) is 15.1. The number of hydrogen-bond acceptors (Lipinski definition) is 5. The second-order valence-electron chi connectivity index (χ2n) is 6.83.